The zero-order chi connectivity index (χ0) is 19.5. The third kappa shape index (κ3) is 3.62. The molecule has 3 heterocycles. The lowest BCUT2D eigenvalue weighted by atomic mass is 10.1. The average Bonchev–Trinajstić information content (AvgIpc) is 3.24. The monoisotopic (exact) mass is 379 g/mol. The van der Waals surface area contributed by atoms with Gasteiger partial charge in [-0.25, -0.2) is 4.39 Å². The van der Waals surface area contributed by atoms with Crippen LogP contribution in [0.2, 0.25) is 0 Å². The summed E-state index contributed by atoms with van der Waals surface area (Å²) in [5, 5.41) is 6.99. The van der Waals surface area contributed by atoms with E-state index in [1.54, 1.807) is 28.3 Å². The van der Waals surface area contributed by atoms with Crippen LogP contribution in [0.3, 0.4) is 0 Å². The van der Waals surface area contributed by atoms with Crippen LogP contribution in [0.15, 0.2) is 54.9 Å². The van der Waals surface area contributed by atoms with Crippen LogP contribution < -0.4 is 0 Å². The SMILES string of the molecule is O=C(c1ccc(F)cc1)N1CCN(C(=O)c2cc(-c3ccncc3)n[nH]2)CC1. The Labute approximate surface area is 160 Å². The number of carbonyl (C=O) groups excluding carboxylic acids is 2. The predicted molar refractivity (Wildman–Crippen MR) is 100 cm³/mol. The fourth-order valence-corrected chi connectivity index (χ4v) is 3.16. The number of halogens is 1. The first-order valence-corrected chi connectivity index (χ1v) is 8.92. The number of rotatable bonds is 3. The van der Waals surface area contributed by atoms with E-state index in [2.05, 4.69) is 15.2 Å². The average molecular weight is 379 g/mol. The molecule has 1 aromatic carbocycles. The molecule has 1 aliphatic heterocycles. The molecule has 1 saturated heterocycles. The number of aromatic nitrogens is 3. The van der Waals surface area contributed by atoms with E-state index in [9.17, 15) is 14.0 Å². The second-order valence-corrected chi connectivity index (χ2v) is 6.49. The first kappa shape index (κ1) is 17.8. The van der Waals surface area contributed by atoms with Crippen LogP contribution in [0.1, 0.15) is 20.8 Å². The van der Waals surface area contributed by atoms with Gasteiger partial charge in [0.1, 0.15) is 11.5 Å². The summed E-state index contributed by atoms with van der Waals surface area (Å²) < 4.78 is 13.0. The molecule has 1 aliphatic rings. The van der Waals surface area contributed by atoms with E-state index in [1.807, 2.05) is 12.1 Å². The van der Waals surface area contributed by atoms with E-state index in [0.29, 0.717) is 43.1 Å². The van der Waals surface area contributed by atoms with Crippen LogP contribution in [-0.2, 0) is 0 Å². The van der Waals surface area contributed by atoms with Gasteiger partial charge in [-0.2, -0.15) is 5.10 Å². The minimum atomic E-state index is -0.377. The third-order valence-electron chi connectivity index (χ3n) is 4.73. The van der Waals surface area contributed by atoms with Crippen LogP contribution in [0.25, 0.3) is 11.3 Å². The molecule has 1 fully saturated rings. The second kappa shape index (κ2) is 7.59. The molecule has 0 spiro atoms. The van der Waals surface area contributed by atoms with Crippen LogP contribution >= 0.6 is 0 Å². The Morgan fingerprint density at radius 3 is 2.14 bits per heavy atom. The Hall–Kier alpha value is -3.55. The maximum atomic E-state index is 13.0. The number of pyridine rings is 1. The van der Waals surface area contributed by atoms with Crippen molar-refractivity contribution in [3.63, 3.8) is 0 Å². The first-order chi connectivity index (χ1) is 13.6. The van der Waals surface area contributed by atoms with Crippen molar-refractivity contribution in [3.05, 3.63) is 71.9 Å². The predicted octanol–water partition coefficient (Wildman–Crippen LogP) is 2.21. The molecule has 28 heavy (non-hydrogen) atoms. The molecule has 142 valence electrons. The van der Waals surface area contributed by atoms with E-state index in [4.69, 9.17) is 0 Å². The number of nitrogens with zero attached hydrogens (tertiary/aromatic N) is 4. The third-order valence-corrected chi connectivity index (χ3v) is 4.73. The lowest BCUT2D eigenvalue weighted by molar-refractivity contribution is 0.0532. The van der Waals surface area contributed by atoms with Gasteiger partial charge in [-0.3, -0.25) is 19.7 Å². The van der Waals surface area contributed by atoms with E-state index < -0.39 is 0 Å². The molecule has 4 rings (SSSR count). The van der Waals surface area contributed by atoms with Crippen molar-refractivity contribution in [2.24, 2.45) is 0 Å². The van der Waals surface area contributed by atoms with Crippen molar-refractivity contribution in [1.29, 1.82) is 0 Å². The zero-order valence-electron chi connectivity index (χ0n) is 15.0. The van der Waals surface area contributed by atoms with Gasteiger partial charge in [-0.05, 0) is 42.5 Å². The lowest BCUT2D eigenvalue weighted by Gasteiger charge is -2.34. The molecule has 3 aromatic rings. The fourth-order valence-electron chi connectivity index (χ4n) is 3.16. The number of hydrogen-bond donors (Lipinski definition) is 1. The smallest absolute Gasteiger partial charge is 0.272 e. The fraction of sp³-hybridized carbons (Fsp3) is 0.200. The van der Waals surface area contributed by atoms with Crippen molar-refractivity contribution < 1.29 is 14.0 Å². The summed E-state index contributed by atoms with van der Waals surface area (Å²) in [6.45, 7) is 1.70. The summed E-state index contributed by atoms with van der Waals surface area (Å²) in [7, 11) is 0. The lowest BCUT2D eigenvalue weighted by Crippen LogP contribution is -2.50. The van der Waals surface area contributed by atoms with E-state index in [1.165, 1.54) is 24.3 Å². The van der Waals surface area contributed by atoms with E-state index >= 15 is 0 Å². The molecule has 0 unspecified atom stereocenters. The molecule has 2 amide bonds. The maximum Gasteiger partial charge on any atom is 0.272 e. The molecule has 0 bridgehead atoms. The van der Waals surface area contributed by atoms with Gasteiger partial charge >= 0.3 is 0 Å². The highest BCUT2D eigenvalue weighted by Crippen LogP contribution is 2.18. The van der Waals surface area contributed by atoms with Crippen molar-refractivity contribution in [2.75, 3.05) is 26.2 Å². The summed E-state index contributed by atoms with van der Waals surface area (Å²) in [5.41, 5.74) is 2.40. The van der Waals surface area contributed by atoms with Gasteiger partial charge < -0.3 is 9.80 Å². The summed E-state index contributed by atoms with van der Waals surface area (Å²) in [5.74, 6) is -0.687. The number of hydrogen-bond acceptors (Lipinski definition) is 4. The van der Waals surface area contributed by atoms with Crippen molar-refractivity contribution in [2.45, 2.75) is 0 Å². The second-order valence-electron chi connectivity index (χ2n) is 6.49. The standard InChI is InChI=1S/C20H18FN5O2/c21-16-3-1-15(2-4-16)19(27)25-9-11-26(12-10-25)20(28)18-13-17(23-24-18)14-5-7-22-8-6-14/h1-8,13H,9-12H2,(H,23,24). The minimum absolute atomic E-state index is 0.151. The van der Waals surface area contributed by atoms with Crippen LogP contribution in [-0.4, -0.2) is 63.0 Å². The van der Waals surface area contributed by atoms with Gasteiger partial charge in [0.05, 0.1) is 5.69 Å². The number of amides is 2. The normalized spacial score (nSPS) is 14.2. The number of carbonyl (C=O) groups is 2. The molecule has 8 heteroatoms. The van der Waals surface area contributed by atoms with Crippen LogP contribution in [0.4, 0.5) is 4.39 Å². The van der Waals surface area contributed by atoms with Gasteiger partial charge in [0, 0.05) is 49.7 Å². The quantitative estimate of drug-likeness (QED) is 0.756. The molecule has 0 saturated carbocycles. The molecule has 0 aliphatic carbocycles. The summed E-state index contributed by atoms with van der Waals surface area (Å²) >= 11 is 0. The van der Waals surface area contributed by atoms with Gasteiger partial charge in [0.25, 0.3) is 11.8 Å². The minimum Gasteiger partial charge on any atom is -0.335 e. The Kier molecular flexibility index (Phi) is 4.84. The first-order valence-electron chi connectivity index (χ1n) is 8.92. The maximum absolute atomic E-state index is 13.0. The highest BCUT2D eigenvalue weighted by Gasteiger charge is 2.26. The molecule has 0 radical (unpaired) electrons. The Balaban J connectivity index is 1.38. The summed E-state index contributed by atoms with van der Waals surface area (Å²) in [6.07, 6.45) is 3.34. The highest BCUT2D eigenvalue weighted by molar-refractivity contribution is 5.95. The molecule has 1 N–H and O–H groups in total. The topological polar surface area (TPSA) is 82.2 Å². The molecule has 7 nitrogen and oxygen atoms in total. The van der Waals surface area contributed by atoms with Gasteiger partial charge in [0.2, 0.25) is 0 Å². The number of nitrogens with one attached hydrogen (secondary N) is 1. The van der Waals surface area contributed by atoms with Gasteiger partial charge in [0.15, 0.2) is 0 Å². The zero-order valence-corrected chi connectivity index (χ0v) is 15.0. The number of aromatic amines is 1. The van der Waals surface area contributed by atoms with E-state index in [0.717, 1.165) is 5.56 Å². The van der Waals surface area contributed by atoms with Gasteiger partial charge in [-0.1, -0.05) is 0 Å². The molecule has 0 atom stereocenters. The van der Waals surface area contributed by atoms with Crippen LogP contribution in [0.5, 0.6) is 0 Å². The van der Waals surface area contributed by atoms with E-state index in [-0.39, 0.29) is 17.6 Å². The van der Waals surface area contributed by atoms with Crippen molar-refractivity contribution in [3.8, 4) is 11.3 Å². The Bertz CT molecular complexity index is 979. The number of piperazine rings is 1. The summed E-state index contributed by atoms with van der Waals surface area (Å²) in [6, 6.07) is 10.8. The van der Waals surface area contributed by atoms with Crippen molar-refractivity contribution >= 4 is 11.8 Å². The number of H-pyrrole nitrogens is 1. The van der Waals surface area contributed by atoms with Crippen molar-refractivity contribution in [1.82, 2.24) is 25.0 Å². The largest absolute Gasteiger partial charge is 0.335 e. The van der Waals surface area contributed by atoms with Gasteiger partial charge in [-0.15, -0.1) is 0 Å². The van der Waals surface area contributed by atoms with Crippen LogP contribution in [0, 0.1) is 5.82 Å². The Morgan fingerprint density at radius 1 is 0.893 bits per heavy atom. The molecular formula is C20H18FN5O2. The summed E-state index contributed by atoms with van der Waals surface area (Å²) in [4.78, 5) is 32.6. The highest BCUT2D eigenvalue weighted by atomic mass is 19.1. The Morgan fingerprint density at radius 2 is 1.50 bits per heavy atom. The molecule has 2 aromatic heterocycles. The molecular weight excluding hydrogens is 361 g/mol. The number of benzene rings is 1.